The molecule has 0 bridgehead atoms. The lowest BCUT2D eigenvalue weighted by Crippen LogP contribution is -2.30. The standard InChI is InChI=1S/C5H5Cl3N2/c6-3-10-2-5(8)4(7)1-9-10/h1-2,9H,3H2. The molecule has 0 atom stereocenters. The summed E-state index contributed by atoms with van der Waals surface area (Å²) in [5.41, 5.74) is 2.80. The van der Waals surface area contributed by atoms with Crippen molar-refractivity contribution in [2.45, 2.75) is 0 Å². The molecule has 0 unspecified atom stereocenters. The van der Waals surface area contributed by atoms with Crippen LogP contribution in [-0.2, 0) is 0 Å². The van der Waals surface area contributed by atoms with Gasteiger partial charge in [0.2, 0.25) is 0 Å². The van der Waals surface area contributed by atoms with Crippen LogP contribution in [0.2, 0.25) is 0 Å². The van der Waals surface area contributed by atoms with Crippen LogP contribution in [0.4, 0.5) is 0 Å². The minimum Gasteiger partial charge on any atom is -0.304 e. The van der Waals surface area contributed by atoms with Crippen LogP contribution in [0.5, 0.6) is 0 Å². The number of hydrazine groups is 1. The fourth-order valence-corrected chi connectivity index (χ4v) is 0.921. The van der Waals surface area contributed by atoms with Gasteiger partial charge in [0.1, 0.15) is 6.00 Å². The molecule has 10 heavy (non-hydrogen) atoms. The summed E-state index contributed by atoms with van der Waals surface area (Å²) in [6, 6.07) is 0.330. The van der Waals surface area contributed by atoms with Crippen LogP contribution < -0.4 is 5.43 Å². The van der Waals surface area contributed by atoms with Gasteiger partial charge in [0, 0.05) is 12.4 Å². The van der Waals surface area contributed by atoms with Crippen LogP contribution in [0.3, 0.4) is 0 Å². The highest BCUT2D eigenvalue weighted by molar-refractivity contribution is 6.43. The van der Waals surface area contributed by atoms with E-state index in [2.05, 4.69) is 5.43 Å². The number of rotatable bonds is 1. The highest BCUT2D eigenvalue weighted by Gasteiger charge is 2.06. The van der Waals surface area contributed by atoms with Crippen molar-refractivity contribution >= 4 is 34.8 Å². The van der Waals surface area contributed by atoms with Gasteiger partial charge in [-0.3, -0.25) is 5.01 Å². The number of nitrogens with zero attached hydrogens (tertiary/aromatic N) is 1. The summed E-state index contributed by atoms with van der Waals surface area (Å²) < 4.78 is 0. The van der Waals surface area contributed by atoms with Crippen molar-refractivity contribution in [3.05, 3.63) is 22.5 Å². The zero-order valence-corrected chi connectivity index (χ0v) is 7.21. The Morgan fingerprint density at radius 1 is 1.40 bits per heavy atom. The first-order chi connectivity index (χ1) is 4.74. The summed E-state index contributed by atoms with van der Waals surface area (Å²) in [6.07, 6.45) is 3.20. The van der Waals surface area contributed by atoms with E-state index in [0.717, 1.165) is 0 Å². The van der Waals surface area contributed by atoms with Gasteiger partial charge in [-0.05, 0) is 0 Å². The van der Waals surface area contributed by atoms with E-state index in [4.69, 9.17) is 34.8 Å². The average molecular weight is 199 g/mol. The molecule has 0 saturated heterocycles. The Morgan fingerprint density at radius 3 is 2.60 bits per heavy atom. The minimum absolute atomic E-state index is 0.330. The molecule has 56 valence electrons. The van der Waals surface area contributed by atoms with Crippen molar-refractivity contribution in [2.24, 2.45) is 0 Å². The van der Waals surface area contributed by atoms with Crippen molar-refractivity contribution in [3.63, 3.8) is 0 Å². The second-order valence-electron chi connectivity index (χ2n) is 1.69. The molecule has 0 aliphatic carbocycles. The fraction of sp³-hybridized carbons (Fsp3) is 0.200. The molecule has 5 heteroatoms. The van der Waals surface area contributed by atoms with Crippen LogP contribution in [0.1, 0.15) is 0 Å². The number of allylic oxidation sites excluding steroid dienone is 2. The number of hydrogen-bond donors (Lipinski definition) is 1. The van der Waals surface area contributed by atoms with Gasteiger partial charge in [0.05, 0.1) is 10.1 Å². The minimum atomic E-state index is 0.330. The van der Waals surface area contributed by atoms with Gasteiger partial charge in [-0.15, -0.1) is 11.6 Å². The van der Waals surface area contributed by atoms with E-state index in [1.807, 2.05) is 0 Å². The molecule has 1 heterocycles. The molecule has 0 aromatic heterocycles. The Hall–Kier alpha value is -0.0500. The molecule has 0 saturated carbocycles. The van der Waals surface area contributed by atoms with Gasteiger partial charge in [0.25, 0.3) is 0 Å². The second-order valence-corrected chi connectivity index (χ2v) is 2.74. The molecule has 0 aromatic rings. The third-order valence-electron chi connectivity index (χ3n) is 0.983. The summed E-state index contributed by atoms with van der Waals surface area (Å²) in [4.78, 5) is 0. The summed E-state index contributed by atoms with van der Waals surface area (Å²) >= 11 is 16.8. The lowest BCUT2D eigenvalue weighted by atomic mass is 10.5. The van der Waals surface area contributed by atoms with Crippen molar-refractivity contribution in [2.75, 3.05) is 6.00 Å². The molecule has 1 aliphatic heterocycles. The maximum Gasteiger partial charge on any atom is 0.113 e. The SMILES string of the molecule is ClCN1C=C(Cl)C(Cl)=CN1. The molecule has 0 aromatic carbocycles. The third-order valence-corrected chi connectivity index (χ3v) is 1.95. The average Bonchev–Trinajstić information content (AvgIpc) is 1.95. The summed E-state index contributed by atoms with van der Waals surface area (Å²) in [6.45, 7) is 0. The van der Waals surface area contributed by atoms with Gasteiger partial charge < -0.3 is 5.43 Å². The third kappa shape index (κ3) is 1.72. The molecular weight excluding hydrogens is 194 g/mol. The molecule has 2 nitrogen and oxygen atoms in total. The maximum atomic E-state index is 5.66. The highest BCUT2D eigenvalue weighted by atomic mass is 35.5. The molecule has 1 aliphatic rings. The largest absolute Gasteiger partial charge is 0.304 e. The van der Waals surface area contributed by atoms with Crippen LogP contribution >= 0.6 is 34.8 Å². The van der Waals surface area contributed by atoms with E-state index in [1.54, 1.807) is 17.4 Å². The van der Waals surface area contributed by atoms with Crippen LogP contribution in [-0.4, -0.2) is 11.0 Å². The summed E-state index contributed by atoms with van der Waals surface area (Å²) in [7, 11) is 0. The Bertz CT molecular complexity index is 187. The second kappa shape index (κ2) is 3.37. The van der Waals surface area contributed by atoms with Gasteiger partial charge in [-0.25, -0.2) is 0 Å². The van der Waals surface area contributed by atoms with Crippen LogP contribution in [0.25, 0.3) is 0 Å². The fourth-order valence-electron chi connectivity index (χ4n) is 0.513. The Labute approximate surface area is 74.0 Å². The molecular formula is C5H5Cl3N2. The Balaban J connectivity index is 2.66. The Morgan fingerprint density at radius 2 is 2.10 bits per heavy atom. The van der Waals surface area contributed by atoms with E-state index in [-0.39, 0.29) is 0 Å². The van der Waals surface area contributed by atoms with E-state index in [1.165, 1.54) is 0 Å². The topological polar surface area (TPSA) is 15.3 Å². The maximum absolute atomic E-state index is 5.66. The molecule has 0 spiro atoms. The molecule has 0 radical (unpaired) electrons. The van der Waals surface area contributed by atoms with Crippen molar-refractivity contribution in [1.82, 2.24) is 10.4 Å². The number of alkyl halides is 1. The lowest BCUT2D eigenvalue weighted by Gasteiger charge is -2.20. The number of halogens is 3. The summed E-state index contributed by atoms with van der Waals surface area (Å²) in [5.74, 6) is 0. The predicted octanol–water partition coefficient (Wildman–Crippen LogP) is 2.16. The van der Waals surface area contributed by atoms with Crippen molar-refractivity contribution in [1.29, 1.82) is 0 Å². The molecule has 0 fully saturated rings. The van der Waals surface area contributed by atoms with Crippen LogP contribution in [0, 0.1) is 0 Å². The smallest absolute Gasteiger partial charge is 0.113 e. The predicted molar refractivity (Wildman–Crippen MR) is 43.6 cm³/mol. The first kappa shape index (κ1) is 8.05. The normalized spacial score (nSPS) is 17.7. The molecule has 1 rings (SSSR count). The van der Waals surface area contributed by atoms with Gasteiger partial charge >= 0.3 is 0 Å². The van der Waals surface area contributed by atoms with Gasteiger partial charge in [0.15, 0.2) is 0 Å². The summed E-state index contributed by atoms with van der Waals surface area (Å²) in [5, 5.41) is 2.58. The first-order valence-electron chi connectivity index (χ1n) is 2.56. The van der Waals surface area contributed by atoms with E-state index in [9.17, 15) is 0 Å². The molecule has 0 amide bonds. The monoisotopic (exact) mass is 198 g/mol. The lowest BCUT2D eigenvalue weighted by molar-refractivity contribution is 0.362. The van der Waals surface area contributed by atoms with Crippen molar-refractivity contribution < 1.29 is 0 Å². The number of hydrogen-bond acceptors (Lipinski definition) is 2. The zero-order valence-electron chi connectivity index (χ0n) is 4.94. The first-order valence-corrected chi connectivity index (χ1v) is 3.85. The Kier molecular flexibility index (Phi) is 2.72. The zero-order chi connectivity index (χ0) is 7.56. The van der Waals surface area contributed by atoms with Crippen LogP contribution in [0.15, 0.2) is 22.5 Å². The highest BCUT2D eigenvalue weighted by Crippen LogP contribution is 2.21. The van der Waals surface area contributed by atoms with Gasteiger partial charge in [-0.1, -0.05) is 23.2 Å². The quantitative estimate of drug-likeness (QED) is 0.514. The van der Waals surface area contributed by atoms with E-state index < -0.39 is 0 Å². The number of nitrogens with one attached hydrogen (secondary N) is 1. The van der Waals surface area contributed by atoms with Crippen molar-refractivity contribution in [3.8, 4) is 0 Å². The van der Waals surface area contributed by atoms with E-state index in [0.29, 0.717) is 16.1 Å². The molecule has 1 N–H and O–H groups in total. The van der Waals surface area contributed by atoms with E-state index >= 15 is 0 Å². The van der Waals surface area contributed by atoms with Gasteiger partial charge in [-0.2, -0.15) is 0 Å².